The summed E-state index contributed by atoms with van der Waals surface area (Å²) < 4.78 is 0. The Balaban J connectivity index is 1.38. The fourth-order valence-electron chi connectivity index (χ4n) is 6.36. The summed E-state index contributed by atoms with van der Waals surface area (Å²) in [5.74, 6) is -0.568. The van der Waals surface area contributed by atoms with Gasteiger partial charge in [-0.25, -0.2) is 4.90 Å². The van der Waals surface area contributed by atoms with Crippen molar-refractivity contribution in [1.82, 2.24) is 0 Å². The standard InChI is InChI=1S/C24H21ClN2O3/c1-11-4-3-5-12(2)21(11)27-23(28)17-15-10-16(18(17)24(27)29)22-19(15)20(26-30-22)13-6-8-14(25)9-7-13/h3-9,15-19,22H,10H2,1-2H3/t15-,16+,17-,18+,19+,22-/m1/s1. The molecule has 0 unspecified atom stereocenters. The minimum Gasteiger partial charge on any atom is -0.391 e. The number of rotatable bonds is 2. The van der Waals surface area contributed by atoms with Gasteiger partial charge in [0.1, 0.15) is 6.10 Å². The first-order chi connectivity index (χ1) is 14.5. The lowest BCUT2D eigenvalue weighted by Gasteiger charge is -2.29. The Morgan fingerprint density at radius 3 is 2.23 bits per heavy atom. The maximum Gasteiger partial charge on any atom is 0.238 e. The number of hydrogen-bond acceptors (Lipinski definition) is 4. The minimum absolute atomic E-state index is 0.0318. The van der Waals surface area contributed by atoms with Crippen LogP contribution in [0.2, 0.25) is 5.02 Å². The van der Waals surface area contributed by atoms with Crippen LogP contribution in [0.15, 0.2) is 47.6 Å². The van der Waals surface area contributed by atoms with Crippen LogP contribution in [-0.2, 0) is 14.4 Å². The maximum absolute atomic E-state index is 13.6. The van der Waals surface area contributed by atoms with Crippen LogP contribution in [0.5, 0.6) is 0 Å². The van der Waals surface area contributed by atoms with Gasteiger partial charge in [0.25, 0.3) is 0 Å². The molecule has 2 saturated carbocycles. The minimum atomic E-state index is -0.303. The number of halogens is 1. The summed E-state index contributed by atoms with van der Waals surface area (Å²) in [4.78, 5) is 34.4. The highest BCUT2D eigenvalue weighted by Crippen LogP contribution is 2.62. The van der Waals surface area contributed by atoms with Gasteiger partial charge in [0.2, 0.25) is 11.8 Å². The van der Waals surface area contributed by atoms with Gasteiger partial charge in [-0.15, -0.1) is 0 Å². The molecule has 0 radical (unpaired) electrons. The summed E-state index contributed by atoms with van der Waals surface area (Å²) in [5.41, 5.74) is 4.50. The molecule has 2 amide bonds. The number of anilines is 1. The van der Waals surface area contributed by atoms with Crippen LogP contribution in [-0.4, -0.2) is 23.6 Å². The number of benzene rings is 2. The number of carbonyl (C=O) groups excluding carboxylic acids is 2. The molecule has 2 heterocycles. The van der Waals surface area contributed by atoms with Gasteiger partial charge < -0.3 is 4.84 Å². The number of nitrogens with zero attached hydrogens (tertiary/aromatic N) is 2. The molecule has 2 aromatic rings. The zero-order chi connectivity index (χ0) is 20.7. The topological polar surface area (TPSA) is 59.0 Å². The van der Waals surface area contributed by atoms with E-state index in [0.717, 1.165) is 34.5 Å². The van der Waals surface area contributed by atoms with Crippen LogP contribution >= 0.6 is 11.6 Å². The highest BCUT2D eigenvalue weighted by atomic mass is 35.5. The van der Waals surface area contributed by atoms with Gasteiger partial charge in [-0.2, -0.15) is 0 Å². The van der Waals surface area contributed by atoms with Crippen molar-refractivity contribution in [2.45, 2.75) is 26.4 Å². The first-order valence-electron chi connectivity index (χ1n) is 10.4. The Kier molecular flexibility index (Phi) is 3.73. The zero-order valence-corrected chi connectivity index (χ0v) is 17.5. The van der Waals surface area contributed by atoms with Crippen molar-refractivity contribution in [3.63, 3.8) is 0 Å². The van der Waals surface area contributed by atoms with E-state index in [1.54, 1.807) is 0 Å². The molecule has 6 rings (SSSR count). The Labute approximate surface area is 179 Å². The molecule has 3 fully saturated rings. The van der Waals surface area contributed by atoms with Crippen molar-refractivity contribution in [3.8, 4) is 0 Å². The predicted molar refractivity (Wildman–Crippen MR) is 113 cm³/mol. The molecule has 2 bridgehead atoms. The summed E-state index contributed by atoms with van der Waals surface area (Å²) in [5, 5.41) is 5.05. The SMILES string of the molecule is Cc1cccc(C)c1N1C(=O)[C@@H]2[C@H]3C[C@H]([C@H]4ON=C(c5ccc(Cl)cc5)[C@H]34)[C@@H]2C1=O. The molecule has 5 nitrogen and oxygen atoms in total. The van der Waals surface area contributed by atoms with Crippen molar-refractivity contribution < 1.29 is 14.4 Å². The lowest BCUT2D eigenvalue weighted by atomic mass is 9.71. The number of amides is 2. The maximum atomic E-state index is 13.6. The molecule has 6 atom stereocenters. The lowest BCUT2D eigenvalue weighted by Crippen LogP contribution is -2.41. The van der Waals surface area contributed by atoms with Gasteiger partial charge in [0.05, 0.1) is 23.2 Å². The monoisotopic (exact) mass is 420 g/mol. The Morgan fingerprint density at radius 1 is 0.933 bits per heavy atom. The van der Waals surface area contributed by atoms with Gasteiger partial charge >= 0.3 is 0 Å². The van der Waals surface area contributed by atoms with E-state index in [0.29, 0.717) is 5.02 Å². The first kappa shape index (κ1) is 18.1. The van der Waals surface area contributed by atoms with Gasteiger partial charge in [0, 0.05) is 16.9 Å². The van der Waals surface area contributed by atoms with Gasteiger partial charge in [0.15, 0.2) is 0 Å². The van der Waals surface area contributed by atoms with Gasteiger partial charge in [-0.1, -0.05) is 47.1 Å². The van der Waals surface area contributed by atoms with Crippen LogP contribution in [0.3, 0.4) is 0 Å². The third-order valence-electron chi connectivity index (χ3n) is 7.49. The number of carbonyl (C=O) groups is 2. The van der Waals surface area contributed by atoms with Crippen LogP contribution < -0.4 is 4.90 Å². The highest BCUT2D eigenvalue weighted by molar-refractivity contribution is 6.30. The molecule has 0 spiro atoms. The van der Waals surface area contributed by atoms with E-state index in [2.05, 4.69) is 5.16 Å². The van der Waals surface area contributed by atoms with E-state index in [9.17, 15) is 9.59 Å². The van der Waals surface area contributed by atoms with Crippen molar-refractivity contribution >= 4 is 34.8 Å². The van der Waals surface area contributed by atoms with E-state index in [1.165, 1.54) is 4.90 Å². The second-order valence-corrected chi connectivity index (χ2v) is 9.38. The van der Waals surface area contributed by atoms with Crippen molar-refractivity contribution in [3.05, 3.63) is 64.2 Å². The molecule has 2 aromatic carbocycles. The smallest absolute Gasteiger partial charge is 0.238 e. The van der Waals surface area contributed by atoms with Crippen molar-refractivity contribution in [2.75, 3.05) is 4.90 Å². The number of oxime groups is 1. The van der Waals surface area contributed by atoms with E-state index in [1.807, 2.05) is 56.3 Å². The lowest BCUT2D eigenvalue weighted by molar-refractivity contribution is -0.125. The normalized spacial score (nSPS) is 33.6. The summed E-state index contributed by atoms with van der Waals surface area (Å²) in [6, 6.07) is 13.4. The summed E-state index contributed by atoms with van der Waals surface area (Å²) in [6.45, 7) is 3.91. The Hall–Kier alpha value is -2.66. The fraction of sp³-hybridized carbons (Fsp3) is 0.375. The number of imide groups is 1. The average molecular weight is 421 g/mol. The summed E-state index contributed by atoms with van der Waals surface area (Å²) >= 11 is 6.04. The molecule has 152 valence electrons. The van der Waals surface area contributed by atoms with Crippen LogP contribution in [0.25, 0.3) is 0 Å². The van der Waals surface area contributed by atoms with Gasteiger partial charge in [-0.3, -0.25) is 9.59 Å². The molecule has 2 aliphatic carbocycles. The molecular formula is C24H21ClN2O3. The summed E-state index contributed by atoms with van der Waals surface area (Å²) in [6.07, 6.45) is 0.714. The van der Waals surface area contributed by atoms with E-state index in [-0.39, 0.29) is 47.5 Å². The Morgan fingerprint density at radius 2 is 1.57 bits per heavy atom. The fourth-order valence-corrected chi connectivity index (χ4v) is 6.49. The third kappa shape index (κ3) is 2.21. The predicted octanol–water partition coefficient (Wildman–Crippen LogP) is 4.13. The van der Waals surface area contributed by atoms with E-state index >= 15 is 0 Å². The quantitative estimate of drug-likeness (QED) is 0.686. The number of aryl methyl sites for hydroxylation is 2. The van der Waals surface area contributed by atoms with Gasteiger partial charge in [-0.05, 0) is 55.0 Å². The Bertz CT molecular complexity index is 1110. The average Bonchev–Trinajstić information content (AvgIpc) is 3.45. The van der Waals surface area contributed by atoms with Crippen LogP contribution in [0, 0.1) is 43.4 Å². The molecule has 30 heavy (non-hydrogen) atoms. The summed E-state index contributed by atoms with van der Waals surface area (Å²) in [7, 11) is 0. The van der Waals surface area contributed by atoms with Crippen LogP contribution in [0.4, 0.5) is 5.69 Å². The van der Waals surface area contributed by atoms with Crippen LogP contribution in [0.1, 0.15) is 23.1 Å². The zero-order valence-electron chi connectivity index (χ0n) is 16.7. The molecule has 0 aromatic heterocycles. The largest absolute Gasteiger partial charge is 0.391 e. The second-order valence-electron chi connectivity index (χ2n) is 8.95. The molecule has 6 heteroatoms. The third-order valence-corrected chi connectivity index (χ3v) is 7.75. The molecule has 0 N–H and O–H groups in total. The molecule has 4 aliphatic rings. The molecule has 2 aliphatic heterocycles. The second kappa shape index (κ2) is 6.17. The number of fused-ring (bicyclic) bond motifs is 8. The van der Waals surface area contributed by atoms with Crippen molar-refractivity contribution in [2.24, 2.45) is 34.7 Å². The number of hydrogen-bond donors (Lipinski definition) is 0. The first-order valence-corrected chi connectivity index (χ1v) is 10.8. The molecular weight excluding hydrogens is 400 g/mol. The van der Waals surface area contributed by atoms with Crippen molar-refractivity contribution in [1.29, 1.82) is 0 Å². The number of para-hydroxylation sites is 1. The van der Waals surface area contributed by atoms with E-state index < -0.39 is 0 Å². The highest BCUT2D eigenvalue weighted by Gasteiger charge is 2.70. The van der Waals surface area contributed by atoms with E-state index in [4.69, 9.17) is 16.4 Å². The molecule has 1 saturated heterocycles.